The van der Waals surface area contributed by atoms with Crippen LogP contribution in [0.5, 0.6) is 11.5 Å². The van der Waals surface area contributed by atoms with Crippen LogP contribution < -0.4 is 5.32 Å². The highest BCUT2D eigenvalue weighted by Gasteiger charge is 2.58. The highest BCUT2D eigenvalue weighted by Crippen LogP contribution is 2.64. The smallest absolute Gasteiger partial charge is 0.339 e. The van der Waals surface area contributed by atoms with Crippen molar-refractivity contribution in [3.63, 3.8) is 0 Å². The Hall–Kier alpha value is -3.09. The van der Waals surface area contributed by atoms with E-state index < -0.39 is 34.4 Å². The lowest BCUT2D eigenvalue weighted by atomic mass is 9.44. The molecule has 164 valence electrons. The van der Waals surface area contributed by atoms with Gasteiger partial charge in [-0.25, -0.2) is 4.79 Å². The lowest BCUT2D eigenvalue weighted by Crippen LogP contribution is -2.54. The van der Waals surface area contributed by atoms with Crippen molar-refractivity contribution in [3.8, 4) is 11.5 Å². The highest BCUT2D eigenvalue weighted by molar-refractivity contribution is 6.00. The van der Waals surface area contributed by atoms with Gasteiger partial charge in [-0.2, -0.15) is 0 Å². The molecule has 0 heterocycles. The maximum atomic E-state index is 12.9. The van der Waals surface area contributed by atoms with Gasteiger partial charge in [0.05, 0.1) is 0 Å². The molecule has 2 bridgehead atoms. The normalized spacial score (nSPS) is 31.4. The van der Waals surface area contributed by atoms with E-state index in [-0.39, 0.29) is 29.2 Å². The van der Waals surface area contributed by atoms with Crippen LogP contribution in [0.4, 0.5) is 5.69 Å². The van der Waals surface area contributed by atoms with Crippen LogP contribution in [-0.4, -0.2) is 33.0 Å². The predicted molar refractivity (Wildman–Crippen MR) is 114 cm³/mol. The van der Waals surface area contributed by atoms with Crippen LogP contribution in [-0.2, 0) is 9.59 Å². The average Bonchev–Trinajstić information content (AvgIpc) is 2.72. The third-order valence-electron chi connectivity index (χ3n) is 7.73. The van der Waals surface area contributed by atoms with Crippen molar-refractivity contribution in [2.45, 2.75) is 45.4 Å². The number of aromatic hydroxyl groups is 2. The second-order valence-electron chi connectivity index (χ2n) is 9.42. The summed E-state index contributed by atoms with van der Waals surface area (Å²) < 4.78 is 0. The molecule has 4 aliphatic carbocycles. The quantitative estimate of drug-likeness (QED) is 0.417. The number of fused-ring (bicyclic) bond motifs is 2. The molecule has 4 N–H and O–H groups in total. The molecule has 0 unspecified atom stereocenters. The molecule has 7 nitrogen and oxygen atoms in total. The number of carboxylic acids is 1. The van der Waals surface area contributed by atoms with E-state index in [0.29, 0.717) is 12.3 Å². The number of amides is 1. The maximum Gasteiger partial charge on any atom is 0.339 e. The largest absolute Gasteiger partial charge is 0.506 e. The maximum absolute atomic E-state index is 12.9. The van der Waals surface area contributed by atoms with Crippen molar-refractivity contribution in [2.75, 3.05) is 5.32 Å². The standard InChI is InChI=1S/C24H27NO6/c1-13-12-24-9-5-14(13)11-17(24)23(2,18(27)6-10-24)8-7-19(28)25-20-16(26)4-3-15(21(20)29)22(30)31/h3-4,6,10,14,17,26,29H,1,5,7-9,11-12H2,2H3,(H,25,28)(H,30,31)/t14-,17+,23-,24+/m0/s1. The van der Waals surface area contributed by atoms with Gasteiger partial charge in [-0.05, 0) is 67.6 Å². The minimum Gasteiger partial charge on any atom is -0.506 e. The van der Waals surface area contributed by atoms with Crippen LogP contribution in [0.15, 0.2) is 36.4 Å². The summed E-state index contributed by atoms with van der Waals surface area (Å²) in [5, 5.41) is 31.6. The van der Waals surface area contributed by atoms with Crippen molar-refractivity contribution in [2.24, 2.45) is 22.7 Å². The summed E-state index contributed by atoms with van der Waals surface area (Å²) in [5.74, 6) is -2.42. The molecule has 1 aromatic rings. The molecule has 31 heavy (non-hydrogen) atoms. The van der Waals surface area contributed by atoms with Crippen molar-refractivity contribution >= 4 is 23.3 Å². The van der Waals surface area contributed by atoms with Gasteiger partial charge in [0.15, 0.2) is 11.5 Å². The zero-order chi connectivity index (χ0) is 22.6. The molecule has 0 radical (unpaired) electrons. The molecule has 0 aromatic heterocycles. The molecule has 0 aliphatic heterocycles. The Morgan fingerprint density at radius 2 is 2.03 bits per heavy atom. The van der Waals surface area contributed by atoms with Gasteiger partial charge in [0.1, 0.15) is 17.0 Å². The van der Waals surface area contributed by atoms with E-state index >= 15 is 0 Å². The summed E-state index contributed by atoms with van der Waals surface area (Å²) in [7, 11) is 0. The van der Waals surface area contributed by atoms with Gasteiger partial charge in [-0.3, -0.25) is 9.59 Å². The summed E-state index contributed by atoms with van der Waals surface area (Å²) in [5.41, 5.74) is -0.260. The first kappa shape index (κ1) is 21.2. The number of rotatable bonds is 5. The topological polar surface area (TPSA) is 124 Å². The third kappa shape index (κ3) is 3.32. The summed E-state index contributed by atoms with van der Waals surface area (Å²) >= 11 is 0. The monoisotopic (exact) mass is 425 g/mol. The van der Waals surface area contributed by atoms with E-state index in [1.54, 1.807) is 6.08 Å². The second kappa shape index (κ2) is 7.25. The number of hydrogen-bond acceptors (Lipinski definition) is 5. The van der Waals surface area contributed by atoms with Gasteiger partial charge >= 0.3 is 5.97 Å². The summed E-state index contributed by atoms with van der Waals surface area (Å²) in [4.78, 5) is 36.8. The van der Waals surface area contributed by atoms with Crippen LogP contribution in [0.25, 0.3) is 0 Å². The number of carboxylic acid groups (broad SMARTS) is 1. The molecule has 0 saturated heterocycles. The number of allylic oxidation sites excluding steroid dienone is 3. The Bertz CT molecular complexity index is 1030. The fourth-order valence-corrected chi connectivity index (χ4v) is 5.91. The number of phenolic OH excluding ortho intramolecular Hbond substituents is 1. The molecule has 7 heteroatoms. The fraction of sp³-hybridized carbons (Fsp3) is 0.458. The van der Waals surface area contributed by atoms with Gasteiger partial charge in [0.25, 0.3) is 0 Å². The van der Waals surface area contributed by atoms with E-state index in [0.717, 1.165) is 37.8 Å². The number of carbonyl (C=O) groups excluding carboxylic acids is 2. The van der Waals surface area contributed by atoms with Crippen molar-refractivity contribution in [1.82, 2.24) is 0 Å². The third-order valence-corrected chi connectivity index (χ3v) is 7.73. The van der Waals surface area contributed by atoms with Crippen LogP contribution in [0.3, 0.4) is 0 Å². The van der Waals surface area contributed by atoms with Crippen molar-refractivity contribution in [1.29, 1.82) is 0 Å². The molecule has 4 aliphatic rings. The van der Waals surface area contributed by atoms with E-state index in [1.807, 2.05) is 6.92 Å². The molecule has 1 amide bonds. The molecule has 1 aromatic carbocycles. The van der Waals surface area contributed by atoms with E-state index in [4.69, 9.17) is 5.11 Å². The molecule has 4 atom stereocenters. The van der Waals surface area contributed by atoms with Gasteiger partial charge in [-0.15, -0.1) is 0 Å². The number of nitrogens with one attached hydrogen (secondary N) is 1. The van der Waals surface area contributed by atoms with E-state index in [2.05, 4.69) is 18.0 Å². The van der Waals surface area contributed by atoms with E-state index in [1.165, 1.54) is 5.57 Å². The molecular formula is C24H27NO6. The average molecular weight is 425 g/mol. The summed E-state index contributed by atoms with van der Waals surface area (Å²) in [6, 6.07) is 2.16. The van der Waals surface area contributed by atoms with Gasteiger partial charge < -0.3 is 20.6 Å². The Morgan fingerprint density at radius 3 is 2.71 bits per heavy atom. The number of carbonyl (C=O) groups is 3. The summed E-state index contributed by atoms with van der Waals surface area (Å²) in [6.45, 7) is 6.17. The lowest BCUT2D eigenvalue weighted by molar-refractivity contribution is -0.136. The number of phenols is 2. The van der Waals surface area contributed by atoms with Crippen molar-refractivity contribution in [3.05, 3.63) is 42.0 Å². The fourth-order valence-electron chi connectivity index (χ4n) is 5.91. The zero-order valence-electron chi connectivity index (χ0n) is 17.5. The van der Waals surface area contributed by atoms with E-state index in [9.17, 15) is 24.6 Å². The summed E-state index contributed by atoms with van der Waals surface area (Å²) in [6.07, 6.45) is 7.96. The Labute approximate surface area is 180 Å². The molecule has 3 saturated carbocycles. The minimum atomic E-state index is -1.38. The van der Waals surface area contributed by atoms with Crippen LogP contribution in [0, 0.1) is 22.7 Å². The molecule has 3 fully saturated rings. The van der Waals surface area contributed by atoms with Crippen molar-refractivity contribution < 1.29 is 29.7 Å². The first-order chi connectivity index (χ1) is 14.6. The highest BCUT2D eigenvalue weighted by atomic mass is 16.4. The van der Waals surface area contributed by atoms with Gasteiger partial charge in [0, 0.05) is 11.8 Å². The Kier molecular flexibility index (Phi) is 4.95. The van der Waals surface area contributed by atoms with Crippen LogP contribution in [0.2, 0.25) is 0 Å². The van der Waals surface area contributed by atoms with Crippen LogP contribution in [0.1, 0.15) is 55.8 Å². The molecule has 5 rings (SSSR count). The van der Waals surface area contributed by atoms with Crippen LogP contribution >= 0.6 is 0 Å². The number of ketones is 1. The number of aromatic carboxylic acids is 1. The first-order valence-corrected chi connectivity index (χ1v) is 10.6. The zero-order valence-corrected chi connectivity index (χ0v) is 17.5. The van der Waals surface area contributed by atoms with Gasteiger partial charge in [-0.1, -0.05) is 25.2 Å². The van der Waals surface area contributed by atoms with Gasteiger partial charge in [0.2, 0.25) is 5.91 Å². The first-order valence-electron chi connectivity index (χ1n) is 10.6. The number of anilines is 1. The SMILES string of the molecule is C=C1C[C@@]23C=CC(=O)[C@@](C)(CCC(=O)Nc4c(O)ccc(C(=O)O)c4O)[C@H]2C[C@@H]1CC3. The number of benzene rings is 1. The second-order valence-corrected chi connectivity index (χ2v) is 9.42. The lowest BCUT2D eigenvalue weighted by Gasteiger charge is -2.59. The Balaban J connectivity index is 1.52. The minimum absolute atomic E-state index is 0.00442. The number of hydrogen-bond donors (Lipinski definition) is 4. The molecular weight excluding hydrogens is 398 g/mol. The Morgan fingerprint density at radius 1 is 1.29 bits per heavy atom. The molecule has 1 spiro atoms. The predicted octanol–water partition coefficient (Wildman–Crippen LogP) is 4.02.